The first-order valence-corrected chi connectivity index (χ1v) is 8.17. The monoisotopic (exact) mass is 275 g/mol. The number of hydrogen-bond donors (Lipinski definition) is 2. The molecule has 0 spiro atoms. The largest absolute Gasteiger partial charge is 0.340 e. The van der Waals surface area contributed by atoms with Crippen LogP contribution in [0, 0.1) is 17.8 Å². The molecule has 0 aromatic carbocycles. The third-order valence-electron chi connectivity index (χ3n) is 5.78. The number of aromatic nitrogens is 3. The van der Waals surface area contributed by atoms with E-state index >= 15 is 0 Å². The Morgan fingerprint density at radius 3 is 2.55 bits per heavy atom. The van der Waals surface area contributed by atoms with Crippen molar-refractivity contribution in [3.63, 3.8) is 0 Å². The van der Waals surface area contributed by atoms with Crippen LogP contribution < -0.4 is 10.6 Å². The average molecular weight is 275 g/mol. The first-order chi connectivity index (χ1) is 9.74. The van der Waals surface area contributed by atoms with Crippen molar-refractivity contribution in [2.24, 2.45) is 23.5 Å². The second-order valence-electron chi connectivity index (χ2n) is 6.99. The molecule has 0 bridgehead atoms. The van der Waals surface area contributed by atoms with Gasteiger partial charge in [0, 0.05) is 25.0 Å². The highest BCUT2D eigenvalue weighted by Crippen LogP contribution is 2.62. The number of H-pyrrole nitrogens is 1. The Balaban J connectivity index is 1.39. The lowest BCUT2D eigenvalue weighted by Gasteiger charge is -2.32. The van der Waals surface area contributed by atoms with Gasteiger partial charge in [-0.2, -0.15) is 4.98 Å². The molecule has 110 valence electrons. The number of piperidine rings is 1. The molecule has 3 fully saturated rings. The lowest BCUT2D eigenvalue weighted by molar-refractivity contribution is 0.352. The van der Waals surface area contributed by atoms with Crippen LogP contribution in [0.15, 0.2) is 0 Å². The molecule has 1 saturated heterocycles. The van der Waals surface area contributed by atoms with E-state index < -0.39 is 0 Å². The maximum absolute atomic E-state index is 6.00. The first kappa shape index (κ1) is 12.6. The maximum Gasteiger partial charge on any atom is 0.244 e. The molecule has 5 heteroatoms. The third-order valence-corrected chi connectivity index (χ3v) is 5.78. The van der Waals surface area contributed by atoms with Gasteiger partial charge < -0.3 is 10.6 Å². The van der Waals surface area contributed by atoms with E-state index in [2.05, 4.69) is 22.0 Å². The number of fused-ring (bicyclic) bond motifs is 1. The number of anilines is 1. The number of nitrogens with zero attached hydrogens (tertiary/aromatic N) is 3. The van der Waals surface area contributed by atoms with Crippen LogP contribution in [0.2, 0.25) is 0 Å². The summed E-state index contributed by atoms with van der Waals surface area (Å²) in [6.07, 6.45) is 6.53. The van der Waals surface area contributed by atoms with Gasteiger partial charge in [0.2, 0.25) is 5.95 Å². The molecule has 0 radical (unpaired) electrons. The summed E-state index contributed by atoms with van der Waals surface area (Å²) < 4.78 is 0. The van der Waals surface area contributed by atoms with Crippen LogP contribution in [0.25, 0.3) is 0 Å². The lowest BCUT2D eigenvalue weighted by Crippen LogP contribution is -2.40. The Kier molecular flexibility index (Phi) is 2.98. The van der Waals surface area contributed by atoms with Gasteiger partial charge in [-0.05, 0) is 50.4 Å². The molecule has 3 unspecified atom stereocenters. The maximum atomic E-state index is 6.00. The summed E-state index contributed by atoms with van der Waals surface area (Å²) in [6.45, 7) is 4.21. The van der Waals surface area contributed by atoms with E-state index in [-0.39, 0.29) is 0 Å². The molecule has 5 nitrogen and oxygen atoms in total. The van der Waals surface area contributed by atoms with Gasteiger partial charge in [0.15, 0.2) is 0 Å². The van der Waals surface area contributed by atoms with Gasteiger partial charge in [-0.25, -0.2) is 0 Å². The van der Waals surface area contributed by atoms with Crippen LogP contribution in [0.4, 0.5) is 5.95 Å². The quantitative estimate of drug-likeness (QED) is 0.883. The van der Waals surface area contributed by atoms with Gasteiger partial charge in [-0.15, -0.1) is 5.10 Å². The van der Waals surface area contributed by atoms with Crippen LogP contribution in [0.1, 0.15) is 50.8 Å². The molecule has 3 atom stereocenters. The zero-order valence-electron chi connectivity index (χ0n) is 12.3. The molecule has 1 aromatic rings. The van der Waals surface area contributed by atoms with Crippen molar-refractivity contribution in [3.05, 3.63) is 5.82 Å². The second kappa shape index (κ2) is 4.72. The Morgan fingerprint density at radius 2 is 1.90 bits per heavy atom. The second-order valence-corrected chi connectivity index (χ2v) is 6.99. The molecule has 2 heterocycles. The van der Waals surface area contributed by atoms with Crippen molar-refractivity contribution in [2.45, 2.75) is 51.0 Å². The van der Waals surface area contributed by atoms with Crippen LogP contribution in [-0.2, 0) is 0 Å². The van der Waals surface area contributed by atoms with E-state index in [1.807, 2.05) is 0 Å². The van der Waals surface area contributed by atoms with E-state index in [0.29, 0.717) is 17.9 Å². The van der Waals surface area contributed by atoms with Gasteiger partial charge in [0.05, 0.1) is 0 Å². The van der Waals surface area contributed by atoms with Crippen molar-refractivity contribution in [2.75, 3.05) is 18.0 Å². The number of nitrogens with two attached hydrogens (primary N) is 1. The number of nitrogens with one attached hydrogen (secondary N) is 1. The molecule has 2 saturated carbocycles. The average Bonchev–Trinajstić information content (AvgIpc) is 2.90. The normalized spacial score (nSPS) is 35.1. The number of hydrogen-bond acceptors (Lipinski definition) is 4. The summed E-state index contributed by atoms with van der Waals surface area (Å²) in [5, 5.41) is 7.66. The molecule has 20 heavy (non-hydrogen) atoms. The molecule has 1 aliphatic heterocycles. The van der Waals surface area contributed by atoms with Gasteiger partial charge >= 0.3 is 0 Å². The standard InChI is InChI=1S/C15H25N5/c1-9(16)10-5-7-20(8-6-10)15-17-14(18-19-15)13-11-3-2-4-12(11)13/h9-13H,2-8,16H2,1H3,(H,17,18,19). The Hall–Kier alpha value is -1.10. The van der Waals surface area contributed by atoms with Crippen LogP contribution >= 0.6 is 0 Å². The van der Waals surface area contributed by atoms with Crippen LogP contribution in [0.5, 0.6) is 0 Å². The predicted octanol–water partition coefficient (Wildman–Crippen LogP) is 1.88. The van der Waals surface area contributed by atoms with E-state index in [9.17, 15) is 0 Å². The van der Waals surface area contributed by atoms with E-state index in [1.54, 1.807) is 0 Å². The fourth-order valence-corrected chi connectivity index (χ4v) is 4.41. The van der Waals surface area contributed by atoms with Crippen LogP contribution in [-0.4, -0.2) is 34.3 Å². The highest BCUT2D eigenvalue weighted by atomic mass is 15.4. The fraction of sp³-hybridized carbons (Fsp3) is 0.867. The molecule has 2 aliphatic carbocycles. The molecule has 4 rings (SSSR count). The molecule has 3 aliphatic rings. The molecular formula is C15H25N5. The van der Waals surface area contributed by atoms with Gasteiger partial charge in [-0.3, -0.25) is 5.10 Å². The van der Waals surface area contributed by atoms with E-state index in [4.69, 9.17) is 10.7 Å². The van der Waals surface area contributed by atoms with Gasteiger partial charge in [0.1, 0.15) is 5.82 Å². The minimum absolute atomic E-state index is 0.311. The smallest absolute Gasteiger partial charge is 0.244 e. The number of rotatable bonds is 3. The SMILES string of the molecule is CC(N)C1CCN(c2n[nH]c(C3C4CCCC43)n2)CC1. The van der Waals surface area contributed by atoms with Crippen molar-refractivity contribution in [1.29, 1.82) is 0 Å². The summed E-state index contributed by atoms with van der Waals surface area (Å²) in [5.41, 5.74) is 6.00. The minimum atomic E-state index is 0.311. The highest BCUT2D eigenvalue weighted by molar-refractivity contribution is 5.32. The van der Waals surface area contributed by atoms with E-state index in [0.717, 1.165) is 49.5 Å². The third kappa shape index (κ3) is 2.03. The zero-order valence-corrected chi connectivity index (χ0v) is 12.3. The summed E-state index contributed by atoms with van der Waals surface area (Å²) in [7, 11) is 0. The summed E-state index contributed by atoms with van der Waals surface area (Å²) >= 11 is 0. The van der Waals surface area contributed by atoms with Gasteiger partial charge in [-0.1, -0.05) is 6.42 Å². The van der Waals surface area contributed by atoms with Crippen molar-refractivity contribution in [1.82, 2.24) is 15.2 Å². The zero-order chi connectivity index (χ0) is 13.7. The lowest BCUT2D eigenvalue weighted by atomic mass is 9.91. The Labute approximate surface area is 120 Å². The Bertz CT molecular complexity index is 464. The van der Waals surface area contributed by atoms with Crippen LogP contribution in [0.3, 0.4) is 0 Å². The molecule has 3 N–H and O–H groups in total. The molecule has 0 amide bonds. The topological polar surface area (TPSA) is 70.8 Å². The fourth-order valence-electron chi connectivity index (χ4n) is 4.41. The summed E-state index contributed by atoms with van der Waals surface area (Å²) in [5.74, 6) is 5.20. The first-order valence-electron chi connectivity index (χ1n) is 8.17. The van der Waals surface area contributed by atoms with Crippen molar-refractivity contribution < 1.29 is 0 Å². The number of aromatic amines is 1. The highest BCUT2D eigenvalue weighted by Gasteiger charge is 2.55. The van der Waals surface area contributed by atoms with Crippen molar-refractivity contribution in [3.8, 4) is 0 Å². The molecular weight excluding hydrogens is 250 g/mol. The Morgan fingerprint density at radius 1 is 1.20 bits per heavy atom. The van der Waals surface area contributed by atoms with Crippen molar-refractivity contribution >= 4 is 5.95 Å². The summed E-state index contributed by atoms with van der Waals surface area (Å²) in [6, 6.07) is 0.311. The minimum Gasteiger partial charge on any atom is -0.340 e. The molecule has 1 aromatic heterocycles. The van der Waals surface area contributed by atoms with E-state index in [1.165, 1.54) is 19.3 Å². The summed E-state index contributed by atoms with van der Waals surface area (Å²) in [4.78, 5) is 7.09. The predicted molar refractivity (Wildman–Crippen MR) is 78.5 cm³/mol. The van der Waals surface area contributed by atoms with Gasteiger partial charge in [0.25, 0.3) is 0 Å².